The van der Waals surface area contributed by atoms with E-state index in [4.69, 9.17) is 0 Å². The molecule has 0 aromatic heterocycles. The molecule has 40 heavy (non-hydrogen) atoms. The number of nitrogens with zero attached hydrogens (tertiary/aromatic N) is 5. The molecule has 0 heterocycles. The predicted octanol–water partition coefficient (Wildman–Crippen LogP) is -2.52. The number of halogens is 1. The molecular weight excluding hydrogens is 709 g/mol. The number of amidine groups is 1. The van der Waals surface area contributed by atoms with E-state index in [0.717, 1.165) is 21.8 Å². The van der Waals surface area contributed by atoms with Gasteiger partial charge in [-0.3, -0.25) is 25.7 Å². The second-order valence-corrected chi connectivity index (χ2v) is 11.0. The summed E-state index contributed by atoms with van der Waals surface area (Å²) in [5.74, 6) is -0.666. The van der Waals surface area contributed by atoms with Gasteiger partial charge in [-0.25, -0.2) is 16.8 Å². The molecule has 0 amide bonds. The van der Waals surface area contributed by atoms with Gasteiger partial charge < -0.3 is 9.11 Å². The number of rotatable bonds is 8. The maximum absolute atomic E-state index is 11.9. The molecule has 0 fully saturated rings. The maximum atomic E-state index is 11.9. The van der Waals surface area contributed by atoms with Crippen molar-refractivity contribution in [2.24, 2.45) is 15.3 Å². The molecule has 3 aromatic rings. The average molecular weight is 720 g/mol. The van der Waals surface area contributed by atoms with Gasteiger partial charge in [0.05, 0.1) is 31.4 Å². The van der Waals surface area contributed by atoms with E-state index in [-0.39, 0.29) is 59.1 Å². The van der Waals surface area contributed by atoms with Gasteiger partial charge in [-0.1, -0.05) is 0 Å². The first-order chi connectivity index (χ1) is 17.7. The van der Waals surface area contributed by atoms with Crippen LogP contribution in [0.2, 0.25) is 0 Å². The Morgan fingerprint density at radius 3 is 1.98 bits per heavy atom. The molecule has 198 valence electrons. The minimum absolute atomic E-state index is 0. The van der Waals surface area contributed by atoms with Crippen LogP contribution < -0.4 is 64.5 Å². The smallest absolute Gasteiger partial charge is 0.744 e. The number of anilines is 1. The van der Waals surface area contributed by atoms with Gasteiger partial charge in [-0.15, -0.1) is 10.2 Å². The number of non-ortho nitro benzene ring substituents is 1. The molecule has 0 bridgehead atoms. The van der Waals surface area contributed by atoms with Gasteiger partial charge >= 0.3 is 64.8 Å². The summed E-state index contributed by atoms with van der Waals surface area (Å²) in [4.78, 5) is 18.3. The van der Waals surface area contributed by atoms with Crippen LogP contribution in [0.5, 0.6) is 0 Å². The van der Waals surface area contributed by atoms with E-state index < -0.39 is 68.3 Å². The Morgan fingerprint density at radius 1 is 0.825 bits per heavy atom. The van der Waals surface area contributed by atoms with E-state index >= 15 is 0 Å². The van der Waals surface area contributed by atoms with Crippen LogP contribution in [0, 0.1) is 23.8 Å². The van der Waals surface area contributed by atoms with Gasteiger partial charge in [0.2, 0.25) is 5.84 Å². The van der Waals surface area contributed by atoms with E-state index in [2.05, 4.69) is 20.8 Å². The molecular formula is C19H11IN6Na2O10S2. The van der Waals surface area contributed by atoms with Gasteiger partial charge in [0.1, 0.15) is 20.2 Å². The Bertz CT molecular complexity index is 1720. The van der Waals surface area contributed by atoms with Crippen molar-refractivity contribution < 1.29 is 94.9 Å². The number of benzene rings is 3. The molecule has 0 radical (unpaired) electrons. The van der Waals surface area contributed by atoms with Crippen molar-refractivity contribution in [2.45, 2.75) is 9.79 Å². The number of hydrazone groups is 1. The standard InChI is InChI=1S/C19H13IN6O10S2.2Na/c20-11-1-3-12(4-2-11)21-23-19(15-7-6-14(37(31,32)33)10-18(15)38(34,35)36)24-22-16-8-5-13(25(27)28)9-17(16)26(29)30;;/h1-10,21H,(H,31,32,33)(H,34,35,36);;/q;2*+1/p-2/b23-19-,24-22?;;. The largest absolute Gasteiger partial charge is 1.00 e. The fraction of sp³-hybridized carbons (Fsp3) is 0. The van der Waals surface area contributed by atoms with E-state index in [9.17, 15) is 46.2 Å². The van der Waals surface area contributed by atoms with Crippen molar-refractivity contribution in [3.05, 3.63) is 90.0 Å². The summed E-state index contributed by atoms with van der Waals surface area (Å²) < 4.78 is 70.7. The first-order valence-corrected chi connectivity index (χ1v) is 13.6. The summed E-state index contributed by atoms with van der Waals surface area (Å²) in [6.45, 7) is 0. The molecule has 0 spiro atoms. The minimum Gasteiger partial charge on any atom is -0.744 e. The summed E-state index contributed by atoms with van der Waals surface area (Å²) in [5, 5.41) is 33.6. The SMILES string of the molecule is O=[N+]([O-])c1ccc(N=N/C(=N\Nc2ccc(I)cc2)c2ccc(S(=O)(=O)[O-])cc2S(=O)(=O)[O-])c([N+](=O)[O-])c1.[Na+].[Na+]. The van der Waals surface area contributed by atoms with Crippen LogP contribution in [-0.4, -0.2) is 41.6 Å². The van der Waals surface area contributed by atoms with Crippen molar-refractivity contribution in [1.82, 2.24) is 0 Å². The number of hydrogen-bond acceptors (Lipinski definition) is 13. The van der Waals surface area contributed by atoms with Crippen molar-refractivity contribution in [3.8, 4) is 0 Å². The monoisotopic (exact) mass is 720 g/mol. The molecule has 3 rings (SSSR count). The van der Waals surface area contributed by atoms with E-state index in [1.807, 2.05) is 22.6 Å². The quantitative estimate of drug-likeness (QED) is 0.0372. The topological polar surface area (TPSA) is 250 Å². The zero-order valence-electron chi connectivity index (χ0n) is 20.3. The number of nitro groups is 2. The van der Waals surface area contributed by atoms with Crippen LogP contribution >= 0.6 is 22.6 Å². The van der Waals surface area contributed by atoms with Crippen LogP contribution in [0.25, 0.3) is 0 Å². The van der Waals surface area contributed by atoms with Gasteiger partial charge in [0, 0.05) is 15.2 Å². The number of azo groups is 1. The third kappa shape index (κ3) is 9.58. The van der Waals surface area contributed by atoms with Gasteiger partial charge in [0.25, 0.3) is 5.69 Å². The molecule has 0 aliphatic rings. The van der Waals surface area contributed by atoms with Crippen LogP contribution in [0.15, 0.2) is 85.8 Å². The third-order valence-corrected chi connectivity index (χ3v) is 6.93. The Balaban J connectivity index is 0.00000400. The van der Waals surface area contributed by atoms with Crippen molar-refractivity contribution in [3.63, 3.8) is 0 Å². The molecule has 21 heteroatoms. The number of nitro benzene ring substituents is 2. The third-order valence-electron chi connectivity index (χ3n) is 4.51. The summed E-state index contributed by atoms with van der Waals surface area (Å²) in [6.07, 6.45) is 0. The van der Waals surface area contributed by atoms with Gasteiger partial charge in [-0.05, 0) is 71.1 Å². The zero-order valence-corrected chi connectivity index (χ0v) is 28.1. The summed E-state index contributed by atoms with van der Waals surface area (Å²) >= 11 is 2.03. The summed E-state index contributed by atoms with van der Waals surface area (Å²) in [6, 6.07) is 10.7. The average Bonchev–Trinajstić information content (AvgIpc) is 2.83. The fourth-order valence-electron chi connectivity index (χ4n) is 2.79. The van der Waals surface area contributed by atoms with Gasteiger partial charge in [-0.2, -0.15) is 5.10 Å². The Kier molecular flexibility index (Phi) is 13.4. The van der Waals surface area contributed by atoms with Crippen molar-refractivity contribution in [2.75, 3.05) is 5.43 Å². The molecule has 16 nitrogen and oxygen atoms in total. The molecule has 0 saturated heterocycles. The number of hydrogen-bond donors (Lipinski definition) is 1. The molecule has 0 saturated carbocycles. The first-order valence-electron chi connectivity index (χ1n) is 9.67. The maximum Gasteiger partial charge on any atom is 1.00 e. The molecule has 1 N–H and O–H groups in total. The fourth-order valence-corrected chi connectivity index (χ4v) is 4.42. The molecule has 0 atom stereocenters. The normalized spacial score (nSPS) is 11.8. The number of nitrogens with one attached hydrogen (secondary N) is 1. The van der Waals surface area contributed by atoms with E-state index in [1.165, 1.54) is 0 Å². The Labute approximate surface area is 283 Å². The minimum atomic E-state index is -5.42. The zero-order chi connectivity index (χ0) is 28.3. The second kappa shape index (κ2) is 14.8. The van der Waals surface area contributed by atoms with Crippen LogP contribution in [0.3, 0.4) is 0 Å². The van der Waals surface area contributed by atoms with E-state index in [1.54, 1.807) is 24.3 Å². The van der Waals surface area contributed by atoms with E-state index in [0.29, 0.717) is 23.9 Å². The Hall–Kier alpha value is -1.92. The second-order valence-electron chi connectivity index (χ2n) is 7.01. The van der Waals surface area contributed by atoms with Crippen molar-refractivity contribution >= 4 is 71.4 Å². The van der Waals surface area contributed by atoms with Gasteiger partial charge in [0.15, 0.2) is 5.69 Å². The first kappa shape index (κ1) is 36.1. The van der Waals surface area contributed by atoms with Crippen LogP contribution in [0.4, 0.5) is 22.7 Å². The summed E-state index contributed by atoms with van der Waals surface area (Å²) in [7, 11) is -10.6. The molecule has 0 unspecified atom stereocenters. The Morgan fingerprint density at radius 2 is 1.45 bits per heavy atom. The summed E-state index contributed by atoms with van der Waals surface area (Å²) in [5.41, 5.74) is 0.349. The van der Waals surface area contributed by atoms with Crippen LogP contribution in [-0.2, 0) is 20.2 Å². The molecule has 0 aliphatic carbocycles. The molecule has 0 aliphatic heterocycles. The van der Waals surface area contributed by atoms with Crippen molar-refractivity contribution in [1.29, 1.82) is 0 Å². The van der Waals surface area contributed by atoms with Crippen LogP contribution in [0.1, 0.15) is 5.56 Å². The predicted molar refractivity (Wildman–Crippen MR) is 136 cm³/mol. The molecule has 3 aromatic carbocycles.